The van der Waals surface area contributed by atoms with Gasteiger partial charge in [-0.25, -0.2) is 13.8 Å². The molecule has 0 heterocycles. The number of carbonyl (C=O) groups is 1. The Hall–Kier alpha value is -4.47. The van der Waals surface area contributed by atoms with Crippen molar-refractivity contribution in [3.8, 4) is 11.5 Å². The first kappa shape index (κ1) is 28.5. The van der Waals surface area contributed by atoms with Crippen molar-refractivity contribution < 1.29 is 22.7 Å². The van der Waals surface area contributed by atoms with Crippen molar-refractivity contribution in [3.05, 3.63) is 125 Å². The van der Waals surface area contributed by atoms with Crippen LogP contribution in [-0.4, -0.2) is 33.7 Å². The molecule has 0 aliphatic heterocycles. The second kappa shape index (κ2) is 13.5. The maximum atomic E-state index is 13.1. The molecule has 0 aromatic heterocycles. The van der Waals surface area contributed by atoms with Crippen LogP contribution in [0.15, 0.2) is 113 Å². The van der Waals surface area contributed by atoms with E-state index >= 15 is 0 Å². The average molecular weight is 558 g/mol. The number of rotatable bonds is 12. The molecule has 9 heteroatoms. The van der Waals surface area contributed by atoms with Crippen LogP contribution < -0.4 is 19.6 Å². The molecular weight excluding hydrogens is 526 g/mol. The van der Waals surface area contributed by atoms with Gasteiger partial charge in [0.05, 0.1) is 18.2 Å². The van der Waals surface area contributed by atoms with Crippen LogP contribution >= 0.6 is 0 Å². The van der Waals surface area contributed by atoms with E-state index in [0.717, 1.165) is 16.7 Å². The number of amides is 1. The van der Waals surface area contributed by atoms with E-state index in [1.54, 1.807) is 37.4 Å². The number of nitrogens with zero attached hydrogens (tertiary/aromatic N) is 1. The molecule has 0 aliphatic rings. The molecule has 0 unspecified atom stereocenters. The van der Waals surface area contributed by atoms with Gasteiger partial charge in [-0.15, -0.1) is 0 Å². The predicted molar refractivity (Wildman–Crippen MR) is 155 cm³/mol. The molecule has 1 amide bonds. The van der Waals surface area contributed by atoms with E-state index in [-0.39, 0.29) is 11.3 Å². The number of aryl methyl sites for hydroxylation is 1. The number of hydrogen-bond donors (Lipinski definition) is 2. The zero-order valence-corrected chi connectivity index (χ0v) is 23.1. The van der Waals surface area contributed by atoms with Crippen molar-refractivity contribution in [3.63, 3.8) is 0 Å². The summed E-state index contributed by atoms with van der Waals surface area (Å²) in [5.74, 6) is 0.491. The third-order valence-electron chi connectivity index (χ3n) is 6.04. The largest absolute Gasteiger partial charge is 0.493 e. The van der Waals surface area contributed by atoms with Gasteiger partial charge in [-0.2, -0.15) is 9.82 Å². The Morgan fingerprint density at radius 1 is 0.875 bits per heavy atom. The molecule has 0 aliphatic carbocycles. The molecule has 0 radical (unpaired) electrons. The molecule has 4 aromatic carbocycles. The smallest absolute Gasteiger partial charge is 0.258 e. The summed E-state index contributed by atoms with van der Waals surface area (Å²) in [4.78, 5) is 13.2. The highest BCUT2D eigenvalue weighted by molar-refractivity contribution is 7.89. The van der Waals surface area contributed by atoms with Gasteiger partial charge in [0.2, 0.25) is 10.0 Å². The quantitative estimate of drug-likeness (QED) is 0.195. The van der Waals surface area contributed by atoms with Crippen LogP contribution in [0.5, 0.6) is 11.5 Å². The van der Waals surface area contributed by atoms with E-state index in [9.17, 15) is 13.2 Å². The van der Waals surface area contributed by atoms with Crippen molar-refractivity contribution in [1.29, 1.82) is 0 Å². The maximum Gasteiger partial charge on any atom is 0.258 e. The van der Waals surface area contributed by atoms with Gasteiger partial charge < -0.3 is 9.47 Å². The molecular formula is C31H31N3O5S. The lowest BCUT2D eigenvalue weighted by atomic mass is 10.1. The molecule has 0 fully saturated rings. The van der Waals surface area contributed by atoms with Crippen molar-refractivity contribution in [2.75, 3.05) is 7.11 Å². The summed E-state index contributed by atoms with van der Waals surface area (Å²) < 4.78 is 39.9. The number of hydrazone groups is 1. The zero-order chi connectivity index (χ0) is 28.4. The number of nitrogens with one attached hydrogen (secondary N) is 2. The Morgan fingerprint density at radius 3 is 2.17 bits per heavy atom. The fourth-order valence-corrected chi connectivity index (χ4v) is 5.07. The Labute approximate surface area is 234 Å². The fraction of sp³-hybridized carbons (Fsp3) is 0.161. The highest BCUT2D eigenvalue weighted by Gasteiger charge is 2.26. The van der Waals surface area contributed by atoms with Crippen LogP contribution in [0.25, 0.3) is 0 Å². The van der Waals surface area contributed by atoms with Gasteiger partial charge in [-0.3, -0.25) is 4.79 Å². The second-order valence-corrected chi connectivity index (χ2v) is 10.8. The molecule has 8 nitrogen and oxygen atoms in total. The summed E-state index contributed by atoms with van der Waals surface area (Å²) in [6.45, 7) is 2.26. The van der Waals surface area contributed by atoms with Crippen molar-refractivity contribution in [1.82, 2.24) is 10.1 Å². The van der Waals surface area contributed by atoms with Crippen molar-refractivity contribution in [2.24, 2.45) is 5.10 Å². The lowest BCUT2D eigenvalue weighted by molar-refractivity contribution is -0.122. The molecule has 0 saturated carbocycles. The topological polar surface area (TPSA) is 106 Å². The van der Waals surface area contributed by atoms with Gasteiger partial charge in [0.1, 0.15) is 12.6 Å². The van der Waals surface area contributed by atoms with E-state index in [1.165, 1.54) is 18.3 Å². The number of methoxy groups -OCH3 is 1. The molecule has 1 atom stereocenters. The highest BCUT2D eigenvalue weighted by atomic mass is 32.2. The predicted octanol–water partition coefficient (Wildman–Crippen LogP) is 4.62. The van der Waals surface area contributed by atoms with Gasteiger partial charge in [0, 0.05) is 0 Å². The van der Waals surface area contributed by atoms with Gasteiger partial charge >= 0.3 is 0 Å². The number of ether oxygens (including phenoxy) is 2. The van der Waals surface area contributed by atoms with E-state index < -0.39 is 22.0 Å². The van der Waals surface area contributed by atoms with Crippen LogP contribution in [0.1, 0.15) is 22.3 Å². The lowest BCUT2D eigenvalue weighted by Gasteiger charge is -2.17. The van der Waals surface area contributed by atoms with Gasteiger partial charge in [0.25, 0.3) is 5.91 Å². The van der Waals surface area contributed by atoms with Crippen LogP contribution in [0.4, 0.5) is 0 Å². The Balaban J connectivity index is 1.45. The molecule has 0 saturated heterocycles. The van der Waals surface area contributed by atoms with Gasteiger partial charge in [-0.1, -0.05) is 78.4 Å². The normalized spacial score (nSPS) is 12.2. The summed E-state index contributed by atoms with van der Waals surface area (Å²) in [5, 5.41) is 4.06. The molecule has 2 N–H and O–H groups in total. The average Bonchev–Trinajstić information content (AvgIpc) is 2.97. The minimum Gasteiger partial charge on any atom is -0.493 e. The minimum atomic E-state index is -3.95. The van der Waals surface area contributed by atoms with E-state index in [0.29, 0.717) is 23.7 Å². The van der Waals surface area contributed by atoms with Crippen LogP contribution in [0.3, 0.4) is 0 Å². The lowest BCUT2D eigenvalue weighted by Crippen LogP contribution is -2.46. The third-order valence-corrected chi connectivity index (χ3v) is 7.53. The first-order valence-electron chi connectivity index (χ1n) is 12.6. The maximum absolute atomic E-state index is 13.1. The molecule has 4 aromatic rings. The molecule has 0 spiro atoms. The molecule has 40 heavy (non-hydrogen) atoms. The van der Waals surface area contributed by atoms with Crippen LogP contribution in [0.2, 0.25) is 0 Å². The fourth-order valence-electron chi connectivity index (χ4n) is 3.88. The number of benzene rings is 4. The molecule has 206 valence electrons. The summed E-state index contributed by atoms with van der Waals surface area (Å²) in [7, 11) is -2.41. The number of hydrogen-bond acceptors (Lipinski definition) is 6. The van der Waals surface area contributed by atoms with Gasteiger partial charge in [-0.05, 0) is 60.4 Å². The van der Waals surface area contributed by atoms with E-state index in [1.807, 2.05) is 67.6 Å². The van der Waals surface area contributed by atoms with Crippen LogP contribution in [-0.2, 0) is 27.8 Å². The number of sulfonamides is 1. The summed E-state index contributed by atoms with van der Waals surface area (Å²) in [5.41, 5.74) is 5.88. The van der Waals surface area contributed by atoms with Crippen LogP contribution in [0, 0.1) is 6.92 Å². The Bertz CT molecular complexity index is 1540. The molecule has 0 bridgehead atoms. The monoisotopic (exact) mass is 557 g/mol. The van der Waals surface area contributed by atoms with Crippen molar-refractivity contribution in [2.45, 2.75) is 30.9 Å². The Kier molecular flexibility index (Phi) is 9.66. The first-order valence-corrected chi connectivity index (χ1v) is 14.1. The summed E-state index contributed by atoms with van der Waals surface area (Å²) in [6, 6.07) is 29.6. The standard InChI is InChI=1S/C31H31N3O5S/c1-23-13-16-27(17-14-23)40(36,37)34-28(19-24-9-5-3-6-10-24)31(35)33-32-21-26-15-18-29(30(20-26)38-2)39-22-25-11-7-4-8-12-25/h3-18,20-21,28,34H,19,22H2,1-2H3,(H,33,35)/b32-21-/t28-/m0/s1. The van der Waals surface area contributed by atoms with Gasteiger partial charge in [0.15, 0.2) is 11.5 Å². The third kappa shape index (κ3) is 8.02. The van der Waals surface area contributed by atoms with Crippen molar-refractivity contribution >= 4 is 22.1 Å². The van der Waals surface area contributed by atoms with E-state index in [4.69, 9.17) is 9.47 Å². The summed E-state index contributed by atoms with van der Waals surface area (Å²) >= 11 is 0. The highest BCUT2D eigenvalue weighted by Crippen LogP contribution is 2.28. The SMILES string of the molecule is COc1cc(/C=N\NC(=O)[C@H](Cc2ccccc2)NS(=O)(=O)c2ccc(C)cc2)ccc1OCc1ccccc1. The second-order valence-electron chi connectivity index (χ2n) is 9.10. The number of carbonyl (C=O) groups excluding carboxylic acids is 1. The zero-order valence-electron chi connectivity index (χ0n) is 22.3. The molecule has 4 rings (SSSR count). The summed E-state index contributed by atoms with van der Waals surface area (Å²) in [6.07, 6.45) is 1.60. The first-order chi connectivity index (χ1) is 19.3. The van der Waals surface area contributed by atoms with E-state index in [2.05, 4.69) is 15.2 Å². The minimum absolute atomic E-state index is 0.0779. The Morgan fingerprint density at radius 2 is 1.52 bits per heavy atom.